The van der Waals surface area contributed by atoms with Crippen LogP contribution in [0.25, 0.3) is 0 Å². The van der Waals surface area contributed by atoms with Gasteiger partial charge in [0.25, 0.3) is 5.91 Å². The van der Waals surface area contributed by atoms with E-state index >= 15 is 0 Å². The molecule has 2 N–H and O–H groups in total. The van der Waals surface area contributed by atoms with E-state index < -0.39 is 0 Å². The van der Waals surface area contributed by atoms with Gasteiger partial charge in [0.2, 0.25) is 5.91 Å². The molecule has 2 amide bonds. The van der Waals surface area contributed by atoms with Gasteiger partial charge >= 0.3 is 0 Å². The number of hydrogen-bond acceptors (Lipinski definition) is 2. The third kappa shape index (κ3) is 2.71. The van der Waals surface area contributed by atoms with Crippen molar-refractivity contribution < 1.29 is 19.4 Å². The maximum absolute atomic E-state index is 12.7. The molecule has 2 aliphatic rings. The van der Waals surface area contributed by atoms with Gasteiger partial charge in [-0.1, -0.05) is 12.1 Å². The Morgan fingerprint density at radius 2 is 1.86 bits per heavy atom. The van der Waals surface area contributed by atoms with E-state index in [0.29, 0.717) is 12.1 Å². The summed E-state index contributed by atoms with van der Waals surface area (Å²) in [7, 11) is 2.18. The maximum atomic E-state index is 12.7. The fourth-order valence-corrected chi connectivity index (χ4v) is 3.34. The van der Waals surface area contributed by atoms with Gasteiger partial charge < -0.3 is 9.80 Å². The van der Waals surface area contributed by atoms with Crippen molar-refractivity contribution in [1.82, 2.24) is 0 Å². The van der Waals surface area contributed by atoms with Crippen LogP contribution in [0.1, 0.15) is 12.0 Å². The van der Waals surface area contributed by atoms with Gasteiger partial charge in [-0.3, -0.25) is 9.59 Å². The molecule has 21 heavy (non-hydrogen) atoms. The summed E-state index contributed by atoms with van der Waals surface area (Å²) >= 11 is 0. The lowest BCUT2D eigenvalue weighted by atomic mass is 10.2. The van der Waals surface area contributed by atoms with Crippen LogP contribution in [0, 0.1) is 6.92 Å². The lowest BCUT2D eigenvalue weighted by molar-refractivity contribution is -1.01. The standard InChI is InChI=1S/C16H21N3O2/c1-12-4-3-5-13(10-12)19-15(20)11-14(16(19)21)18-8-6-17(2)7-9-18/h3-5,10,14H,6-9,11H2,1-2H3/p+2/t14-/m0/s1. The number of nitrogens with zero attached hydrogens (tertiary/aromatic N) is 1. The molecule has 0 aromatic heterocycles. The van der Waals surface area contributed by atoms with Gasteiger partial charge in [-0.25, -0.2) is 4.90 Å². The highest BCUT2D eigenvalue weighted by Gasteiger charge is 2.46. The average molecular weight is 289 g/mol. The Bertz CT molecular complexity index is 564. The number of hydrogen-bond donors (Lipinski definition) is 2. The molecule has 0 unspecified atom stereocenters. The molecule has 112 valence electrons. The molecule has 1 aromatic carbocycles. The molecule has 5 nitrogen and oxygen atoms in total. The van der Waals surface area contributed by atoms with E-state index in [1.165, 1.54) is 14.7 Å². The predicted molar refractivity (Wildman–Crippen MR) is 79.4 cm³/mol. The molecule has 2 saturated heterocycles. The van der Waals surface area contributed by atoms with Crippen LogP contribution in [-0.4, -0.2) is 51.1 Å². The number of carbonyl (C=O) groups is 2. The van der Waals surface area contributed by atoms with Crippen molar-refractivity contribution in [3.05, 3.63) is 29.8 Å². The quantitative estimate of drug-likeness (QED) is 0.621. The molecule has 2 fully saturated rings. The van der Waals surface area contributed by atoms with Crippen LogP contribution in [0.5, 0.6) is 0 Å². The summed E-state index contributed by atoms with van der Waals surface area (Å²) < 4.78 is 0. The third-order valence-corrected chi connectivity index (χ3v) is 4.65. The number of amides is 2. The molecule has 2 aliphatic heterocycles. The first kappa shape index (κ1) is 14.2. The number of rotatable bonds is 2. The van der Waals surface area contributed by atoms with Crippen LogP contribution in [0.4, 0.5) is 5.69 Å². The lowest BCUT2D eigenvalue weighted by Gasteiger charge is -2.30. The molecule has 5 heteroatoms. The summed E-state index contributed by atoms with van der Waals surface area (Å²) in [5, 5.41) is 0. The van der Waals surface area contributed by atoms with Crippen molar-refractivity contribution in [3.8, 4) is 0 Å². The van der Waals surface area contributed by atoms with E-state index in [0.717, 1.165) is 31.7 Å². The van der Waals surface area contributed by atoms with E-state index in [4.69, 9.17) is 0 Å². The van der Waals surface area contributed by atoms with Crippen LogP contribution >= 0.6 is 0 Å². The second kappa shape index (κ2) is 5.58. The second-order valence-corrected chi connectivity index (χ2v) is 6.28. The van der Waals surface area contributed by atoms with Crippen LogP contribution < -0.4 is 14.7 Å². The number of aryl methyl sites for hydroxylation is 1. The van der Waals surface area contributed by atoms with Gasteiger partial charge in [0, 0.05) is 0 Å². The Kier molecular flexibility index (Phi) is 3.78. The van der Waals surface area contributed by atoms with Crippen molar-refractivity contribution in [2.45, 2.75) is 19.4 Å². The number of imide groups is 1. The molecule has 0 spiro atoms. The Labute approximate surface area is 125 Å². The smallest absolute Gasteiger partial charge is 0.292 e. The normalized spacial score (nSPS) is 30.0. The van der Waals surface area contributed by atoms with Crippen LogP contribution in [0.3, 0.4) is 0 Å². The Balaban J connectivity index is 1.79. The molecule has 0 radical (unpaired) electrons. The second-order valence-electron chi connectivity index (χ2n) is 6.28. The zero-order valence-electron chi connectivity index (χ0n) is 12.7. The van der Waals surface area contributed by atoms with Crippen molar-refractivity contribution in [1.29, 1.82) is 0 Å². The third-order valence-electron chi connectivity index (χ3n) is 4.65. The first-order valence-corrected chi connectivity index (χ1v) is 7.65. The summed E-state index contributed by atoms with van der Waals surface area (Å²) in [5.74, 6) is -0.0884. The average Bonchev–Trinajstić information content (AvgIpc) is 2.75. The number of quaternary nitrogens is 2. The minimum Gasteiger partial charge on any atom is -0.328 e. The zero-order valence-corrected chi connectivity index (χ0v) is 12.7. The first-order chi connectivity index (χ1) is 10.1. The molecule has 1 atom stereocenters. The molecule has 0 aliphatic carbocycles. The van der Waals surface area contributed by atoms with Crippen LogP contribution in [-0.2, 0) is 9.59 Å². The number of likely N-dealkylation sites (N-methyl/N-ethyl adjacent to an activating group) is 1. The molecule has 0 bridgehead atoms. The van der Waals surface area contributed by atoms with Gasteiger partial charge in [-0.2, -0.15) is 0 Å². The number of carbonyl (C=O) groups excluding carboxylic acids is 2. The van der Waals surface area contributed by atoms with E-state index in [1.807, 2.05) is 31.2 Å². The van der Waals surface area contributed by atoms with Crippen LogP contribution in [0.2, 0.25) is 0 Å². The number of anilines is 1. The summed E-state index contributed by atoms with van der Waals surface area (Å²) in [6.07, 6.45) is 0.348. The SMILES string of the molecule is Cc1cccc(N2C(=O)C[C@H]([NH+]3CC[NH+](C)CC3)C2=O)c1. The maximum Gasteiger partial charge on any atom is 0.292 e. The van der Waals surface area contributed by atoms with Gasteiger partial charge in [-0.05, 0) is 24.6 Å². The molecular weight excluding hydrogens is 266 g/mol. The predicted octanol–water partition coefficient (Wildman–Crippen LogP) is -1.96. The summed E-state index contributed by atoms with van der Waals surface area (Å²) in [5.41, 5.74) is 1.78. The van der Waals surface area contributed by atoms with Gasteiger partial charge in [0.05, 0.1) is 19.2 Å². The van der Waals surface area contributed by atoms with Gasteiger partial charge in [0.15, 0.2) is 6.04 Å². The molecule has 1 aromatic rings. The highest BCUT2D eigenvalue weighted by molar-refractivity contribution is 6.21. The Morgan fingerprint density at radius 3 is 2.52 bits per heavy atom. The largest absolute Gasteiger partial charge is 0.328 e. The fourth-order valence-electron chi connectivity index (χ4n) is 3.34. The van der Waals surface area contributed by atoms with Crippen LogP contribution in [0.15, 0.2) is 24.3 Å². The zero-order chi connectivity index (χ0) is 15.0. The highest BCUT2D eigenvalue weighted by Crippen LogP contribution is 2.22. The molecular formula is C16H23N3O2+2. The molecule has 0 saturated carbocycles. The molecule has 3 rings (SSSR count). The van der Waals surface area contributed by atoms with Gasteiger partial charge in [-0.15, -0.1) is 0 Å². The monoisotopic (exact) mass is 289 g/mol. The number of benzene rings is 1. The summed E-state index contributed by atoms with van der Waals surface area (Å²) in [6, 6.07) is 7.42. The number of nitrogens with one attached hydrogen (secondary N) is 2. The molecule has 2 heterocycles. The van der Waals surface area contributed by atoms with Crippen molar-refractivity contribution >= 4 is 17.5 Å². The topological polar surface area (TPSA) is 46.3 Å². The fraction of sp³-hybridized carbons (Fsp3) is 0.500. The Morgan fingerprint density at radius 1 is 1.14 bits per heavy atom. The van der Waals surface area contributed by atoms with Crippen molar-refractivity contribution in [2.75, 3.05) is 38.1 Å². The summed E-state index contributed by atoms with van der Waals surface area (Å²) in [6.45, 7) is 6.05. The highest BCUT2D eigenvalue weighted by atomic mass is 16.2. The lowest BCUT2D eigenvalue weighted by Crippen LogP contribution is -3.29. The minimum absolute atomic E-state index is 0.0276. The van der Waals surface area contributed by atoms with Crippen molar-refractivity contribution in [3.63, 3.8) is 0 Å². The summed E-state index contributed by atoms with van der Waals surface area (Å²) in [4.78, 5) is 29.1. The van der Waals surface area contributed by atoms with E-state index in [1.54, 1.807) is 0 Å². The van der Waals surface area contributed by atoms with Crippen molar-refractivity contribution in [2.24, 2.45) is 0 Å². The minimum atomic E-state index is -0.189. The van der Waals surface area contributed by atoms with E-state index in [2.05, 4.69) is 7.05 Å². The van der Waals surface area contributed by atoms with E-state index in [-0.39, 0.29) is 17.9 Å². The van der Waals surface area contributed by atoms with E-state index in [9.17, 15) is 9.59 Å². The first-order valence-electron chi connectivity index (χ1n) is 7.65. The Hall–Kier alpha value is -1.72. The van der Waals surface area contributed by atoms with Gasteiger partial charge in [0.1, 0.15) is 26.2 Å². The number of piperazine rings is 1.